The molecule has 0 aliphatic rings. The molecule has 0 spiro atoms. The molecule has 142 valence electrons. The van der Waals surface area contributed by atoms with E-state index in [0.29, 0.717) is 0 Å². The van der Waals surface area contributed by atoms with Gasteiger partial charge in [0.2, 0.25) is 10.0 Å². The lowest BCUT2D eigenvalue weighted by Gasteiger charge is -2.08. The lowest BCUT2D eigenvalue weighted by Crippen LogP contribution is -2.21. The quantitative estimate of drug-likeness (QED) is 0.414. The van der Waals surface area contributed by atoms with E-state index in [2.05, 4.69) is 5.32 Å². The van der Waals surface area contributed by atoms with Gasteiger partial charge in [0, 0.05) is 17.8 Å². The number of nitro benzene ring substituents is 1. The van der Waals surface area contributed by atoms with E-state index in [1.54, 1.807) is 0 Å². The van der Waals surface area contributed by atoms with Gasteiger partial charge in [-0.25, -0.2) is 18.4 Å². The molecule has 0 fully saturated rings. The second-order valence-corrected chi connectivity index (χ2v) is 7.06. The molecule has 0 bridgehead atoms. The highest BCUT2D eigenvalue weighted by Crippen LogP contribution is 2.22. The third-order valence-corrected chi connectivity index (χ3v) is 4.54. The number of halogens is 1. The number of primary sulfonamides is 1. The lowest BCUT2D eigenvalue weighted by molar-refractivity contribution is -0.384. The van der Waals surface area contributed by atoms with Gasteiger partial charge < -0.3 is 10.1 Å². The molecule has 2 rings (SSSR count). The van der Waals surface area contributed by atoms with Crippen LogP contribution in [0, 0.1) is 10.1 Å². The number of amides is 1. The minimum Gasteiger partial charge on any atom is -0.452 e. The minimum absolute atomic E-state index is 0.147. The zero-order valence-corrected chi connectivity index (χ0v) is 15.0. The molecule has 0 saturated heterocycles. The van der Waals surface area contributed by atoms with Gasteiger partial charge in [-0.2, -0.15) is 0 Å². The first-order valence-electron chi connectivity index (χ1n) is 7.11. The number of hydrogen-bond donors (Lipinski definition) is 2. The van der Waals surface area contributed by atoms with Crippen molar-refractivity contribution in [2.75, 3.05) is 11.9 Å². The summed E-state index contributed by atoms with van der Waals surface area (Å²) in [6.45, 7) is -0.700. The van der Waals surface area contributed by atoms with Crippen LogP contribution in [0.5, 0.6) is 0 Å². The Labute approximate surface area is 158 Å². The summed E-state index contributed by atoms with van der Waals surface area (Å²) < 4.78 is 27.6. The number of carbonyl (C=O) groups is 2. The summed E-state index contributed by atoms with van der Waals surface area (Å²) in [6, 6.07) is 8.47. The summed E-state index contributed by atoms with van der Waals surface area (Å²) in [6.07, 6.45) is 0. The third-order valence-electron chi connectivity index (χ3n) is 3.15. The monoisotopic (exact) mass is 413 g/mol. The predicted molar refractivity (Wildman–Crippen MR) is 94.8 cm³/mol. The highest BCUT2D eigenvalue weighted by Gasteiger charge is 2.18. The molecule has 0 atom stereocenters. The van der Waals surface area contributed by atoms with Gasteiger partial charge in [-0.15, -0.1) is 0 Å². The number of ether oxygens (including phenoxy) is 1. The van der Waals surface area contributed by atoms with Gasteiger partial charge in [0.15, 0.2) is 6.61 Å². The summed E-state index contributed by atoms with van der Waals surface area (Å²) in [4.78, 5) is 33.4. The van der Waals surface area contributed by atoms with E-state index in [1.165, 1.54) is 24.3 Å². The fourth-order valence-electron chi connectivity index (χ4n) is 1.96. The predicted octanol–water partition coefficient (Wildman–Crippen LogP) is 1.69. The highest BCUT2D eigenvalue weighted by molar-refractivity contribution is 7.89. The summed E-state index contributed by atoms with van der Waals surface area (Å²) in [5.74, 6) is -1.73. The smallest absolute Gasteiger partial charge is 0.338 e. The minimum atomic E-state index is -4.15. The van der Waals surface area contributed by atoms with Crippen LogP contribution < -0.4 is 10.5 Å². The molecule has 0 heterocycles. The lowest BCUT2D eigenvalue weighted by atomic mass is 10.2. The number of nitro groups is 1. The van der Waals surface area contributed by atoms with Crippen LogP contribution in [0.15, 0.2) is 47.4 Å². The van der Waals surface area contributed by atoms with Gasteiger partial charge in [0.25, 0.3) is 11.6 Å². The maximum atomic E-state index is 12.0. The molecule has 0 aromatic heterocycles. The van der Waals surface area contributed by atoms with Crippen molar-refractivity contribution in [2.45, 2.75) is 4.90 Å². The van der Waals surface area contributed by atoms with E-state index in [4.69, 9.17) is 21.5 Å². The fraction of sp³-hybridized carbons (Fsp3) is 0.0667. The Bertz CT molecular complexity index is 1020. The number of non-ortho nitro benzene ring substituents is 1. The number of anilines is 1. The van der Waals surface area contributed by atoms with Crippen LogP contribution >= 0.6 is 11.6 Å². The van der Waals surface area contributed by atoms with E-state index < -0.39 is 38.3 Å². The van der Waals surface area contributed by atoms with Gasteiger partial charge in [0.05, 0.1) is 15.5 Å². The van der Waals surface area contributed by atoms with Crippen molar-refractivity contribution >= 4 is 44.9 Å². The summed E-state index contributed by atoms with van der Waals surface area (Å²) in [5, 5.41) is 17.8. The normalized spacial score (nSPS) is 10.9. The van der Waals surface area contributed by atoms with Crippen LogP contribution in [0.3, 0.4) is 0 Å². The molecule has 2 aromatic carbocycles. The average molecular weight is 414 g/mol. The van der Waals surface area contributed by atoms with Gasteiger partial charge in [-0.1, -0.05) is 17.7 Å². The Balaban J connectivity index is 2.02. The van der Waals surface area contributed by atoms with Crippen molar-refractivity contribution in [1.29, 1.82) is 0 Å². The molecule has 1 amide bonds. The molecule has 0 saturated carbocycles. The van der Waals surface area contributed by atoms with E-state index >= 15 is 0 Å². The Morgan fingerprint density at radius 2 is 1.93 bits per heavy atom. The molecule has 0 unspecified atom stereocenters. The fourth-order valence-corrected chi connectivity index (χ4v) is 3.03. The van der Waals surface area contributed by atoms with E-state index in [1.807, 2.05) is 0 Å². The van der Waals surface area contributed by atoms with Crippen molar-refractivity contribution in [2.24, 2.45) is 5.14 Å². The maximum Gasteiger partial charge on any atom is 0.338 e. The first kappa shape index (κ1) is 20.3. The Morgan fingerprint density at radius 1 is 1.22 bits per heavy atom. The summed E-state index contributed by atoms with van der Waals surface area (Å²) in [7, 11) is -4.15. The first-order valence-corrected chi connectivity index (χ1v) is 9.04. The van der Waals surface area contributed by atoms with Crippen molar-refractivity contribution in [3.05, 3.63) is 63.2 Å². The molecule has 3 N–H and O–H groups in total. The van der Waals surface area contributed by atoms with Gasteiger partial charge in [0.1, 0.15) is 4.90 Å². The SMILES string of the molecule is NS(=O)(=O)c1cc(C(=O)OCC(=O)Nc2cccc([N+](=O)[O-])c2)ccc1Cl. The van der Waals surface area contributed by atoms with Crippen molar-refractivity contribution in [3.8, 4) is 0 Å². The second kappa shape index (κ2) is 8.12. The van der Waals surface area contributed by atoms with Crippen LogP contribution in [-0.2, 0) is 19.6 Å². The molecular formula is C15H12ClN3O7S. The number of carbonyl (C=O) groups excluding carboxylic acids is 2. The number of benzene rings is 2. The largest absolute Gasteiger partial charge is 0.452 e. The average Bonchev–Trinajstić information content (AvgIpc) is 2.59. The number of hydrogen-bond acceptors (Lipinski definition) is 7. The topological polar surface area (TPSA) is 159 Å². The molecule has 0 aliphatic carbocycles. The van der Waals surface area contributed by atoms with Crippen LogP contribution in [0.2, 0.25) is 5.02 Å². The molecule has 0 radical (unpaired) electrons. The van der Waals surface area contributed by atoms with Crippen molar-refractivity contribution in [3.63, 3.8) is 0 Å². The Morgan fingerprint density at radius 3 is 2.56 bits per heavy atom. The number of sulfonamides is 1. The first-order chi connectivity index (χ1) is 12.6. The van der Waals surface area contributed by atoms with Gasteiger partial charge >= 0.3 is 5.97 Å². The van der Waals surface area contributed by atoms with E-state index in [0.717, 1.165) is 18.2 Å². The van der Waals surface area contributed by atoms with Crippen LogP contribution in [0.4, 0.5) is 11.4 Å². The summed E-state index contributed by atoms with van der Waals surface area (Å²) >= 11 is 5.72. The Kier molecular flexibility index (Phi) is 6.10. The summed E-state index contributed by atoms with van der Waals surface area (Å²) in [5.41, 5.74) is -0.249. The van der Waals surface area contributed by atoms with Gasteiger partial charge in [-0.05, 0) is 24.3 Å². The van der Waals surface area contributed by atoms with E-state index in [9.17, 15) is 28.1 Å². The van der Waals surface area contributed by atoms with Crippen molar-refractivity contribution in [1.82, 2.24) is 0 Å². The molecule has 2 aromatic rings. The number of esters is 1. The number of nitrogens with two attached hydrogens (primary N) is 1. The second-order valence-electron chi connectivity index (χ2n) is 5.12. The standard InChI is InChI=1S/C15H12ClN3O7S/c16-12-5-4-9(6-13(12)27(17,24)25)15(21)26-8-14(20)18-10-2-1-3-11(7-10)19(22)23/h1-7H,8H2,(H,18,20)(H2,17,24,25). The zero-order chi connectivity index (χ0) is 20.2. The molecule has 0 aliphatic heterocycles. The van der Waals surface area contributed by atoms with Crippen LogP contribution in [0.1, 0.15) is 10.4 Å². The maximum absolute atomic E-state index is 12.0. The van der Waals surface area contributed by atoms with Gasteiger partial charge in [-0.3, -0.25) is 14.9 Å². The zero-order valence-electron chi connectivity index (χ0n) is 13.4. The number of nitrogens with zero attached hydrogens (tertiary/aromatic N) is 1. The third kappa shape index (κ3) is 5.48. The Hall–Kier alpha value is -3.02. The molecule has 12 heteroatoms. The molecule has 27 heavy (non-hydrogen) atoms. The number of rotatable bonds is 6. The highest BCUT2D eigenvalue weighted by atomic mass is 35.5. The van der Waals surface area contributed by atoms with Crippen LogP contribution in [0.25, 0.3) is 0 Å². The molecule has 10 nitrogen and oxygen atoms in total. The van der Waals surface area contributed by atoms with E-state index in [-0.39, 0.29) is 22.0 Å². The van der Waals surface area contributed by atoms with Crippen LogP contribution in [-0.4, -0.2) is 31.8 Å². The molecular weight excluding hydrogens is 402 g/mol. The number of nitrogens with one attached hydrogen (secondary N) is 1. The van der Waals surface area contributed by atoms with Crippen molar-refractivity contribution < 1.29 is 27.7 Å².